The Morgan fingerprint density at radius 2 is 1.90 bits per heavy atom. The number of hydrogen-bond donors (Lipinski definition) is 1. The van der Waals surface area contributed by atoms with Gasteiger partial charge in [-0.2, -0.15) is 0 Å². The van der Waals surface area contributed by atoms with Gasteiger partial charge in [0.15, 0.2) is 0 Å². The van der Waals surface area contributed by atoms with Gasteiger partial charge in [0.25, 0.3) is 0 Å². The van der Waals surface area contributed by atoms with Gasteiger partial charge in [-0.15, -0.1) is 23.2 Å². The smallest absolute Gasteiger partial charge is 0.137 e. The van der Waals surface area contributed by atoms with E-state index >= 15 is 0 Å². The maximum atomic E-state index is 8.97. The molecule has 1 atom stereocenters. The average molecular weight is 181 g/mol. The van der Waals surface area contributed by atoms with Gasteiger partial charge >= 0.3 is 0 Å². The lowest BCUT2D eigenvalue weighted by Gasteiger charge is -2.02. The molecule has 0 aliphatic rings. The zero-order valence-corrected chi connectivity index (χ0v) is 7.18. The Morgan fingerprint density at radius 1 is 1.30 bits per heavy atom. The van der Waals surface area contributed by atoms with Gasteiger partial charge in [0.2, 0.25) is 0 Å². The fourth-order valence-electron chi connectivity index (χ4n) is 0.373. The third kappa shape index (κ3) is 4.86. The first kappa shape index (κ1) is 10.0. The average Bonchev–Trinajstić information content (AvgIpc) is 1.88. The molecule has 1 N–H and O–H groups in total. The third-order valence-corrected chi connectivity index (χ3v) is 1.39. The summed E-state index contributed by atoms with van der Waals surface area (Å²) in [5, 5.41) is 8.97. The van der Waals surface area contributed by atoms with Crippen LogP contribution >= 0.6 is 23.2 Å². The molecule has 0 radical (unpaired) electrons. The van der Waals surface area contributed by atoms with Crippen molar-refractivity contribution in [2.45, 2.75) is 17.9 Å². The molecule has 0 aromatic carbocycles. The van der Waals surface area contributed by atoms with E-state index in [4.69, 9.17) is 28.3 Å². The summed E-state index contributed by atoms with van der Waals surface area (Å²) in [4.78, 5) is -0.749. The minimum absolute atomic E-state index is 0.749. The van der Waals surface area contributed by atoms with Crippen molar-refractivity contribution in [3.63, 3.8) is 0 Å². The van der Waals surface area contributed by atoms with Crippen LogP contribution in [0.2, 0.25) is 0 Å². The summed E-state index contributed by atoms with van der Waals surface area (Å²) in [6.45, 7) is 1.88. The van der Waals surface area contributed by atoms with E-state index in [0.29, 0.717) is 0 Å². The van der Waals surface area contributed by atoms with E-state index in [0.717, 1.165) is 0 Å². The van der Waals surface area contributed by atoms with Gasteiger partial charge in [-0.3, -0.25) is 0 Å². The molecular weight excluding hydrogens is 171 g/mol. The first-order chi connectivity index (χ1) is 4.68. The fraction of sp³-hybridized carbons (Fsp3) is 0.429. The lowest BCUT2D eigenvalue weighted by atomic mass is 10.3. The van der Waals surface area contributed by atoms with E-state index in [9.17, 15) is 0 Å². The van der Waals surface area contributed by atoms with Crippen molar-refractivity contribution in [2.75, 3.05) is 0 Å². The van der Waals surface area contributed by atoms with Crippen LogP contribution in [0.4, 0.5) is 0 Å². The summed E-state index contributed by atoms with van der Waals surface area (Å²) in [5.41, 5.74) is 0. The maximum Gasteiger partial charge on any atom is 0.137 e. The Hall–Kier alpha value is 0.0200. The van der Waals surface area contributed by atoms with Crippen LogP contribution < -0.4 is 0 Å². The van der Waals surface area contributed by atoms with Crippen LogP contribution in [-0.4, -0.2) is 16.0 Å². The van der Waals surface area contributed by atoms with Crippen molar-refractivity contribution in [1.29, 1.82) is 0 Å². The Labute approximate surface area is 71.0 Å². The predicted molar refractivity (Wildman–Crippen MR) is 45.5 cm³/mol. The Bertz CT molecular complexity index is 130. The van der Waals surface area contributed by atoms with Crippen LogP contribution in [0.5, 0.6) is 0 Å². The SMILES string of the molecule is C/C=C/C=C/C(O)C(Cl)Cl. The molecule has 0 aliphatic carbocycles. The molecule has 1 nitrogen and oxygen atoms in total. The molecule has 0 bridgehead atoms. The second-order valence-corrected chi connectivity index (χ2v) is 2.90. The second-order valence-electron chi connectivity index (χ2n) is 1.74. The number of aliphatic hydroxyl groups excluding tert-OH is 1. The van der Waals surface area contributed by atoms with Crippen molar-refractivity contribution in [3.8, 4) is 0 Å². The molecule has 0 amide bonds. The minimum atomic E-state index is -0.778. The lowest BCUT2D eigenvalue weighted by Crippen LogP contribution is -2.10. The summed E-state index contributed by atoms with van der Waals surface area (Å²) in [5.74, 6) is 0. The topological polar surface area (TPSA) is 20.2 Å². The normalized spacial score (nSPS) is 15.7. The van der Waals surface area contributed by atoms with Crippen molar-refractivity contribution in [1.82, 2.24) is 0 Å². The number of halogens is 2. The molecule has 0 saturated heterocycles. The van der Waals surface area contributed by atoms with Gasteiger partial charge in [0.05, 0.1) is 0 Å². The van der Waals surface area contributed by atoms with Gasteiger partial charge in [0.1, 0.15) is 10.9 Å². The molecule has 1 unspecified atom stereocenters. The molecule has 0 aromatic heterocycles. The summed E-state index contributed by atoms with van der Waals surface area (Å²) >= 11 is 10.7. The van der Waals surface area contributed by atoms with Gasteiger partial charge in [-0.1, -0.05) is 24.3 Å². The fourth-order valence-corrected chi connectivity index (χ4v) is 0.541. The van der Waals surface area contributed by atoms with Crippen LogP contribution in [0.15, 0.2) is 24.3 Å². The molecule has 0 aliphatic heterocycles. The lowest BCUT2D eigenvalue weighted by molar-refractivity contribution is 0.238. The Kier molecular flexibility index (Phi) is 5.79. The number of allylic oxidation sites excluding steroid dienone is 3. The zero-order valence-electron chi connectivity index (χ0n) is 5.67. The zero-order chi connectivity index (χ0) is 7.98. The van der Waals surface area contributed by atoms with Crippen molar-refractivity contribution < 1.29 is 5.11 Å². The highest BCUT2D eigenvalue weighted by molar-refractivity contribution is 6.44. The van der Waals surface area contributed by atoms with Crippen molar-refractivity contribution >= 4 is 23.2 Å². The molecule has 0 rings (SSSR count). The third-order valence-electron chi connectivity index (χ3n) is 0.870. The first-order valence-electron chi connectivity index (χ1n) is 2.94. The van der Waals surface area contributed by atoms with E-state index in [1.807, 2.05) is 13.0 Å². The van der Waals surface area contributed by atoms with Gasteiger partial charge in [-0.25, -0.2) is 0 Å². The summed E-state index contributed by atoms with van der Waals surface area (Å²) in [7, 11) is 0. The summed E-state index contributed by atoms with van der Waals surface area (Å²) < 4.78 is 0. The molecule has 3 heteroatoms. The van der Waals surface area contributed by atoms with Crippen molar-refractivity contribution in [2.24, 2.45) is 0 Å². The maximum absolute atomic E-state index is 8.97. The van der Waals surface area contributed by atoms with Crippen molar-refractivity contribution in [3.05, 3.63) is 24.3 Å². The van der Waals surface area contributed by atoms with Gasteiger partial charge in [-0.05, 0) is 6.92 Å². The summed E-state index contributed by atoms with van der Waals surface area (Å²) in [6.07, 6.45) is 6.09. The van der Waals surface area contributed by atoms with Gasteiger partial charge < -0.3 is 5.11 Å². The van der Waals surface area contributed by atoms with Crippen LogP contribution in [0.3, 0.4) is 0 Å². The van der Waals surface area contributed by atoms with E-state index in [-0.39, 0.29) is 0 Å². The largest absolute Gasteiger partial charge is 0.386 e. The highest BCUT2D eigenvalue weighted by Gasteiger charge is 2.07. The quantitative estimate of drug-likeness (QED) is 0.523. The highest BCUT2D eigenvalue weighted by Crippen LogP contribution is 2.08. The second kappa shape index (κ2) is 5.78. The van der Waals surface area contributed by atoms with Gasteiger partial charge in [0, 0.05) is 0 Å². The number of hydrogen-bond acceptors (Lipinski definition) is 1. The molecule has 0 saturated carbocycles. The number of aliphatic hydroxyl groups is 1. The van der Waals surface area contributed by atoms with Crippen LogP contribution in [0, 0.1) is 0 Å². The number of alkyl halides is 2. The molecule has 0 spiro atoms. The molecule has 10 heavy (non-hydrogen) atoms. The molecule has 0 fully saturated rings. The molecule has 58 valence electrons. The first-order valence-corrected chi connectivity index (χ1v) is 3.81. The predicted octanol–water partition coefficient (Wildman–Crippen LogP) is 2.28. The van der Waals surface area contributed by atoms with E-state index < -0.39 is 10.9 Å². The summed E-state index contributed by atoms with van der Waals surface area (Å²) in [6, 6.07) is 0. The van der Waals surface area contributed by atoms with Crippen LogP contribution in [0.25, 0.3) is 0 Å². The molecule has 0 heterocycles. The van der Waals surface area contributed by atoms with E-state index in [2.05, 4.69) is 0 Å². The van der Waals surface area contributed by atoms with Crippen LogP contribution in [-0.2, 0) is 0 Å². The van der Waals surface area contributed by atoms with E-state index in [1.54, 1.807) is 12.2 Å². The Morgan fingerprint density at radius 3 is 2.30 bits per heavy atom. The monoisotopic (exact) mass is 180 g/mol. The number of rotatable bonds is 3. The van der Waals surface area contributed by atoms with E-state index in [1.165, 1.54) is 6.08 Å². The highest BCUT2D eigenvalue weighted by atomic mass is 35.5. The Balaban J connectivity index is 3.66. The molecular formula is C7H10Cl2O. The molecule has 0 aromatic rings. The standard InChI is InChI=1S/C7H10Cl2O/c1-2-3-4-5-6(10)7(8)9/h2-7,10H,1H3/b3-2+,5-4+. The van der Waals surface area contributed by atoms with Crippen LogP contribution in [0.1, 0.15) is 6.92 Å². The minimum Gasteiger partial charge on any atom is -0.386 e.